The molecule has 4 aliphatic rings. The lowest BCUT2D eigenvalue weighted by Gasteiger charge is -2.57. The Balaban J connectivity index is 1.34. The highest BCUT2D eigenvalue weighted by Gasteiger charge is 2.51. The molecule has 0 saturated heterocycles. The zero-order chi connectivity index (χ0) is 19.5. The second kappa shape index (κ2) is 6.61. The molecule has 4 saturated carbocycles. The smallest absolute Gasteiger partial charge is 0.261 e. The molecule has 1 aromatic carbocycles. The van der Waals surface area contributed by atoms with Crippen LogP contribution in [0.4, 0.5) is 0 Å². The van der Waals surface area contributed by atoms with Gasteiger partial charge in [-0.15, -0.1) is 0 Å². The van der Waals surface area contributed by atoms with Crippen molar-refractivity contribution in [1.29, 1.82) is 0 Å². The van der Waals surface area contributed by atoms with E-state index >= 15 is 0 Å². The molecule has 6 heteroatoms. The first-order valence-electron chi connectivity index (χ1n) is 10.4. The van der Waals surface area contributed by atoms with Gasteiger partial charge in [0.15, 0.2) is 5.16 Å². The van der Waals surface area contributed by atoms with E-state index in [0.717, 1.165) is 37.0 Å². The summed E-state index contributed by atoms with van der Waals surface area (Å²) in [5.74, 6) is 2.49. The van der Waals surface area contributed by atoms with Gasteiger partial charge in [-0.2, -0.15) is 0 Å². The van der Waals surface area contributed by atoms with Crippen LogP contribution < -0.4 is 10.9 Å². The minimum atomic E-state index is -0.285. The number of nitrogens with zero attached hydrogens (tertiary/aromatic N) is 2. The van der Waals surface area contributed by atoms with Crippen molar-refractivity contribution >= 4 is 28.6 Å². The molecule has 4 aliphatic carbocycles. The van der Waals surface area contributed by atoms with E-state index in [1.165, 1.54) is 31.0 Å². The summed E-state index contributed by atoms with van der Waals surface area (Å²) < 4.78 is 1.56. The fourth-order valence-electron chi connectivity index (χ4n) is 6.14. The minimum Gasteiger partial charge on any atom is -0.350 e. The number of amides is 1. The van der Waals surface area contributed by atoms with Gasteiger partial charge >= 0.3 is 0 Å². The summed E-state index contributed by atoms with van der Waals surface area (Å²) in [6.07, 6.45) is 7.53. The lowest BCUT2D eigenvalue weighted by molar-refractivity contribution is -0.126. The number of thioether (sulfide) groups is 1. The van der Waals surface area contributed by atoms with Crippen LogP contribution in [0.1, 0.15) is 45.4 Å². The van der Waals surface area contributed by atoms with Gasteiger partial charge in [-0.3, -0.25) is 14.2 Å². The van der Waals surface area contributed by atoms with Crippen LogP contribution in [0.25, 0.3) is 10.9 Å². The van der Waals surface area contributed by atoms with E-state index in [9.17, 15) is 9.59 Å². The van der Waals surface area contributed by atoms with Crippen LogP contribution >= 0.6 is 11.8 Å². The van der Waals surface area contributed by atoms with E-state index in [1.807, 2.05) is 25.1 Å². The highest BCUT2D eigenvalue weighted by Crippen LogP contribution is 2.55. The average molecular weight is 398 g/mol. The summed E-state index contributed by atoms with van der Waals surface area (Å²) in [5, 5.41) is 4.36. The first-order valence-corrected chi connectivity index (χ1v) is 11.2. The summed E-state index contributed by atoms with van der Waals surface area (Å²) in [6.45, 7) is 1.92. The highest BCUT2D eigenvalue weighted by molar-refractivity contribution is 8.00. The van der Waals surface area contributed by atoms with Crippen molar-refractivity contribution in [3.05, 3.63) is 34.6 Å². The molecule has 148 valence electrons. The maximum atomic E-state index is 13.0. The number of hydrogen-bond acceptors (Lipinski definition) is 4. The Hall–Kier alpha value is -1.82. The topological polar surface area (TPSA) is 64.0 Å². The van der Waals surface area contributed by atoms with Crippen LogP contribution in [0.3, 0.4) is 0 Å². The van der Waals surface area contributed by atoms with Crippen molar-refractivity contribution in [2.45, 2.75) is 61.4 Å². The molecule has 4 bridgehead atoms. The van der Waals surface area contributed by atoms with Gasteiger partial charge in [-0.1, -0.05) is 23.9 Å². The molecule has 0 aliphatic heterocycles. The molecular formula is C22H27N3O2S. The van der Waals surface area contributed by atoms with Gasteiger partial charge in [0.1, 0.15) is 0 Å². The fourth-order valence-corrected chi connectivity index (χ4v) is 7.02. The first kappa shape index (κ1) is 18.2. The third-order valence-electron chi connectivity index (χ3n) is 7.02. The summed E-state index contributed by atoms with van der Waals surface area (Å²) >= 11 is 1.38. The van der Waals surface area contributed by atoms with Crippen LogP contribution in [0.5, 0.6) is 0 Å². The van der Waals surface area contributed by atoms with Gasteiger partial charge in [0.05, 0.1) is 16.2 Å². The molecule has 1 unspecified atom stereocenters. The summed E-state index contributed by atoms with van der Waals surface area (Å²) in [4.78, 5) is 30.3. The summed E-state index contributed by atoms with van der Waals surface area (Å²) in [7, 11) is 1.73. The van der Waals surface area contributed by atoms with Gasteiger partial charge in [0, 0.05) is 12.6 Å². The van der Waals surface area contributed by atoms with E-state index in [2.05, 4.69) is 10.3 Å². The molecule has 28 heavy (non-hydrogen) atoms. The van der Waals surface area contributed by atoms with Gasteiger partial charge in [-0.05, 0) is 75.3 Å². The molecule has 1 aromatic heterocycles. The molecule has 4 fully saturated rings. The maximum absolute atomic E-state index is 13.0. The number of hydrogen-bond donors (Lipinski definition) is 1. The number of carbonyl (C=O) groups excluding carboxylic acids is 1. The van der Waals surface area contributed by atoms with Crippen LogP contribution in [0.15, 0.2) is 34.2 Å². The van der Waals surface area contributed by atoms with Crippen LogP contribution in [0.2, 0.25) is 0 Å². The van der Waals surface area contributed by atoms with E-state index in [1.54, 1.807) is 17.7 Å². The van der Waals surface area contributed by atoms with E-state index < -0.39 is 0 Å². The van der Waals surface area contributed by atoms with Crippen LogP contribution in [0, 0.1) is 17.8 Å². The minimum absolute atomic E-state index is 0.0172. The molecule has 1 amide bonds. The molecule has 5 nitrogen and oxygen atoms in total. The SMILES string of the molecule is CC(Sc1nc2ccccc2c(=O)n1C)C(=O)NC12CC3CC(CC(C3)C1)C2. The van der Waals surface area contributed by atoms with Gasteiger partial charge in [0.2, 0.25) is 5.91 Å². The van der Waals surface area contributed by atoms with Crippen molar-refractivity contribution in [2.24, 2.45) is 24.8 Å². The average Bonchev–Trinajstić information content (AvgIpc) is 2.64. The van der Waals surface area contributed by atoms with Crippen molar-refractivity contribution in [3.8, 4) is 0 Å². The monoisotopic (exact) mass is 397 g/mol. The Labute approximate surface area is 169 Å². The Bertz CT molecular complexity index is 964. The van der Waals surface area contributed by atoms with Crippen molar-refractivity contribution < 1.29 is 4.79 Å². The molecule has 0 radical (unpaired) electrons. The number of nitrogens with one attached hydrogen (secondary N) is 1. The zero-order valence-corrected chi connectivity index (χ0v) is 17.3. The van der Waals surface area contributed by atoms with Crippen LogP contribution in [-0.2, 0) is 11.8 Å². The van der Waals surface area contributed by atoms with E-state index in [4.69, 9.17) is 0 Å². The first-order chi connectivity index (χ1) is 13.4. The third kappa shape index (κ3) is 3.06. The maximum Gasteiger partial charge on any atom is 0.261 e. The van der Waals surface area contributed by atoms with E-state index in [-0.39, 0.29) is 22.3 Å². The van der Waals surface area contributed by atoms with Gasteiger partial charge < -0.3 is 5.32 Å². The molecular weight excluding hydrogens is 370 g/mol. The third-order valence-corrected chi connectivity index (χ3v) is 8.16. The molecule has 1 heterocycles. The lowest BCUT2D eigenvalue weighted by atomic mass is 9.53. The van der Waals surface area contributed by atoms with Gasteiger partial charge in [-0.25, -0.2) is 4.98 Å². The standard InChI is InChI=1S/C22H27N3O2S/c1-13(28-21-23-18-6-4-3-5-17(18)20(27)25(21)2)19(26)24-22-10-14-7-15(11-22)9-16(8-14)12-22/h3-6,13-16H,7-12H2,1-2H3,(H,24,26). The molecule has 0 spiro atoms. The van der Waals surface area contributed by atoms with E-state index in [0.29, 0.717) is 16.1 Å². The molecule has 2 aromatic rings. The largest absolute Gasteiger partial charge is 0.350 e. The van der Waals surface area contributed by atoms with Crippen LogP contribution in [-0.4, -0.2) is 26.2 Å². The number of para-hydroxylation sites is 1. The van der Waals surface area contributed by atoms with Crippen molar-refractivity contribution in [1.82, 2.24) is 14.9 Å². The normalized spacial score (nSPS) is 31.9. The molecule has 1 N–H and O–H groups in total. The Kier molecular flexibility index (Phi) is 4.30. The fraction of sp³-hybridized carbons (Fsp3) is 0.591. The Morgan fingerprint density at radius 3 is 2.43 bits per heavy atom. The zero-order valence-electron chi connectivity index (χ0n) is 16.5. The van der Waals surface area contributed by atoms with Gasteiger partial charge in [0.25, 0.3) is 5.56 Å². The second-order valence-corrected chi connectivity index (χ2v) is 10.5. The quantitative estimate of drug-likeness (QED) is 0.634. The number of fused-ring (bicyclic) bond motifs is 1. The number of rotatable bonds is 4. The Morgan fingerprint density at radius 1 is 1.18 bits per heavy atom. The Morgan fingerprint density at radius 2 is 1.79 bits per heavy atom. The van der Waals surface area contributed by atoms with Crippen molar-refractivity contribution in [2.75, 3.05) is 0 Å². The lowest BCUT2D eigenvalue weighted by Crippen LogP contribution is -2.60. The second-order valence-electron chi connectivity index (χ2n) is 9.22. The summed E-state index contributed by atoms with van der Waals surface area (Å²) in [5.41, 5.74) is 0.632. The summed E-state index contributed by atoms with van der Waals surface area (Å²) in [6, 6.07) is 7.37. The predicted octanol–water partition coefficient (Wildman–Crippen LogP) is 3.50. The van der Waals surface area contributed by atoms with Crippen molar-refractivity contribution in [3.63, 3.8) is 0 Å². The number of carbonyl (C=O) groups is 1. The predicted molar refractivity (Wildman–Crippen MR) is 111 cm³/mol. The number of aromatic nitrogens is 2. The highest BCUT2D eigenvalue weighted by atomic mass is 32.2. The molecule has 1 atom stereocenters. The molecule has 6 rings (SSSR count). The number of benzene rings is 1.